The smallest absolute Gasteiger partial charge is 0.243 e. The summed E-state index contributed by atoms with van der Waals surface area (Å²) in [4.78, 5) is 19.7. The predicted molar refractivity (Wildman–Crippen MR) is 135 cm³/mol. The zero-order chi connectivity index (χ0) is 24.0. The number of halogens is 1. The van der Waals surface area contributed by atoms with Crippen molar-refractivity contribution in [1.82, 2.24) is 9.29 Å². The highest BCUT2D eigenvalue weighted by molar-refractivity contribution is 7.89. The number of rotatable bonds is 8. The molecule has 0 amide bonds. The molecule has 1 fully saturated rings. The molecule has 0 saturated carbocycles. The minimum absolute atomic E-state index is 0.0523. The first-order chi connectivity index (χ1) is 16.4. The summed E-state index contributed by atoms with van der Waals surface area (Å²) < 4.78 is 28.0. The zero-order valence-corrected chi connectivity index (χ0v) is 20.5. The van der Waals surface area contributed by atoms with Gasteiger partial charge in [0.05, 0.1) is 11.4 Å². The highest BCUT2D eigenvalue weighted by Gasteiger charge is 2.26. The molecule has 1 aliphatic rings. The van der Waals surface area contributed by atoms with E-state index in [9.17, 15) is 13.2 Å². The minimum atomic E-state index is -3.63. The zero-order valence-electron chi connectivity index (χ0n) is 18.9. The van der Waals surface area contributed by atoms with Crippen LogP contribution in [0.5, 0.6) is 0 Å². The second-order valence-electron chi connectivity index (χ2n) is 8.44. The maximum absolute atomic E-state index is 13.3. The van der Waals surface area contributed by atoms with Crippen LogP contribution in [0.25, 0.3) is 0 Å². The number of hydrogen-bond acceptors (Lipinski definition) is 5. The maximum atomic E-state index is 13.3. The summed E-state index contributed by atoms with van der Waals surface area (Å²) in [7, 11) is -3.63. The van der Waals surface area contributed by atoms with E-state index in [-0.39, 0.29) is 17.2 Å². The molecule has 0 spiro atoms. The van der Waals surface area contributed by atoms with Crippen molar-refractivity contribution in [2.24, 2.45) is 0 Å². The van der Waals surface area contributed by atoms with Gasteiger partial charge < -0.3 is 4.90 Å². The predicted octanol–water partition coefficient (Wildman–Crippen LogP) is 5.19. The lowest BCUT2D eigenvalue weighted by atomic mass is 10.1. The van der Waals surface area contributed by atoms with Crippen molar-refractivity contribution in [2.75, 3.05) is 24.5 Å². The standard InChI is InChI=1S/C26H28ClN3O3S/c27-23-11-7-9-21(17-23)19-29(26-13-3-4-14-28-26)20-25(31)22-10-8-12-24(18-22)34(32,33)30-15-5-1-2-6-16-30/h3-4,7-14,17-18H,1-2,5-6,15-16,19-20H2. The van der Waals surface area contributed by atoms with Gasteiger partial charge in [-0.25, -0.2) is 13.4 Å². The Labute approximate surface area is 206 Å². The van der Waals surface area contributed by atoms with Crippen molar-refractivity contribution in [2.45, 2.75) is 37.1 Å². The highest BCUT2D eigenvalue weighted by Crippen LogP contribution is 2.22. The summed E-state index contributed by atoms with van der Waals surface area (Å²) >= 11 is 6.15. The highest BCUT2D eigenvalue weighted by atomic mass is 35.5. The number of pyridine rings is 1. The monoisotopic (exact) mass is 497 g/mol. The number of carbonyl (C=O) groups excluding carboxylic acids is 1. The van der Waals surface area contributed by atoms with Gasteiger partial charge in [-0.05, 0) is 54.8 Å². The van der Waals surface area contributed by atoms with E-state index in [0.717, 1.165) is 31.2 Å². The SMILES string of the molecule is O=C(CN(Cc1cccc(Cl)c1)c1ccccn1)c1cccc(S(=O)(=O)N2CCCCCC2)c1. The second-order valence-corrected chi connectivity index (χ2v) is 10.8. The van der Waals surface area contributed by atoms with E-state index in [1.165, 1.54) is 6.07 Å². The van der Waals surface area contributed by atoms with Crippen LogP contribution in [0.15, 0.2) is 77.8 Å². The molecule has 2 aromatic carbocycles. The van der Waals surface area contributed by atoms with Gasteiger partial charge >= 0.3 is 0 Å². The third-order valence-electron chi connectivity index (χ3n) is 5.93. The van der Waals surface area contributed by atoms with E-state index in [2.05, 4.69) is 4.98 Å². The van der Waals surface area contributed by atoms with Crippen LogP contribution in [0.2, 0.25) is 5.02 Å². The van der Waals surface area contributed by atoms with Crippen molar-refractivity contribution in [1.29, 1.82) is 0 Å². The molecule has 3 aromatic rings. The lowest BCUT2D eigenvalue weighted by Gasteiger charge is -2.23. The molecule has 0 bridgehead atoms. The Hall–Kier alpha value is -2.74. The number of hydrogen-bond donors (Lipinski definition) is 0. The number of benzene rings is 2. The van der Waals surface area contributed by atoms with Crippen LogP contribution in [-0.4, -0.2) is 43.1 Å². The fourth-order valence-corrected chi connectivity index (χ4v) is 5.92. The first kappa shape index (κ1) is 24.4. The van der Waals surface area contributed by atoms with Crippen molar-refractivity contribution >= 4 is 33.2 Å². The van der Waals surface area contributed by atoms with Crippen molar-refractivity contribution in [3.63, 3.8) is 0 Å². The van der Waals surface area contributed by atoms with Gasteiger partial charge in [0.2, 0.25) is 10.0 Å². The van der Waals surface area contributed by atoms with Crippen LogP contribution in [0.3, 0.4) is 0 Å². The molecule has 8 heteroatoms. The number of anilines is 1. The topological polar surface area (TPSA) is 70.6 Å². The first-order valence-electron chi connectivity index (χ1n) is 11.5. The number of aromatic nitrogens is 1. The summed E-state index contributed by atoms with van der Waals surface area (Å²) in [5, 5.41) is 0.621. The summed E-state index contributed by atoms with van der Waals surface area (Å²) in [5.41, 5.74) is 1.31. The Morgan fingerprint density at radius 1 is 0.941 bits per heavy atom. The molecule has 178 valence electrons. The molecule has 2 heterocycles. The lowest BCUT2D eigenvalue weighted by molar-refractivity contribution is 0.0998. The van der Waals surface area contributed by atoms with Gasteiger partial charge in [-0.3, -0.25) is 4.79 Å². The van der Waals surface area contributed by atoms with E-state index in [4.69, 9.17) is 11.6 Å². The molecule has 34 heavy (non-hydrogen) atoms. The molecule has 1 saturated heterocycles. The number of ketones is 1. The molecule has 4 rings (SSSR count). The van der Waals surface area contributed by atoms with Crippen LogP contribution in [0.4, 0.5) is 5.82 Å². The third-order valence-corrected chi connectivity index (χ3v) is 8.06. The van der Waals surface area contributed by atoms with Crippen molar-refractivity contribution in [3.05, 3.63) is 89.1 Å². The van der Waals surface area contributed by atoms with Gasteiger partial charge in [0, 0.05) is 36.4 Å². The van der Waals surface area contributed by atoms with E-state index in [1.54, 1.807) is 34.8 Å². The summed E-state index contributed by atoms with van der Waals surface area (Å²) in [5.74, 6) is 0.477. The van der Waals surface area contributed by atoms with E-state index >= 15 is 0 Å². The Kier molecular flexibility index (Phi) is 7.98. The van der Waals surface area contributed by atoms with Gasteiger partial charge in [-0.15, -0.1) is 0 Å². The average molecular weight is 498 g/mol. The fourth-order valence-electron chi connectivity index (χ4n) is 4.14. The molecule has 1 aromatic heterocycles. The molecule has 0 atom stereocenters. The van der Waals surface area contributed by atoms with Gasteiger partial charge in [0.15, 0.2) is 5.78 Å². The normalized spacial score (nSPS) is 15.0. The number of carbonyl (C=O) groups is 1. The Morgan fingerprint density at radius 2 is 1.71 bits per heavy atom. The Bertz CT molecular complexity index is 1230. The largest absolute Gasteiger partial charge is 0.345 e. The lowest BCUT2D eigenvalue weighted by Crippen LogP contribution is -2.32. The van der Waals surface area contributed by atoms with Crippen LogP contribution >= 0.6 is 11.6 Å². The maximum Gasteiger partial charge on any atom is 0.243 e. The number of nitrogens with zero attached hydrogens (tertiary/aromatic N) is 3. The van der Waals surface area contributed by atoms with Crippen LogP contribution in [-0.2, 0) is 16.6 Å². The molecule has 6 nitrogen and oxygen atoms in total. The summed E-state index contributed by atoms with van der Waals surface area (Å²) in [6.07, 6.45) is 5.49. The Balaban J connectivity index is 1.57. The van der Waals surface area contributed by atoms with E-state index in [1.807, 2.05) is 41.3 Å². The average Bonchev–Trinajstić information content (AvgIpc) is 3.15. The summed E-state index contributed by atoms with van der Waals surface area (Å²) in [6, 6.07) is 19.4. The molecule has 0 N–H and O–H groups in total. The van der Waals surface area contributed by atoms with Gasteiger partial charge in [-0.2, -0.15) is 4.31 Å². The third kappa shape index (κ3) is 6.03. The molecule has 0 unspecified atom stereocenters. The van der Waals surface area contributed by atoms with E-state index in [0.29, 0.717) is 36.0 Å². The fraction of sp³-hybridized carbons (Fsp3) is 0.308. The van der Waals surface area contributed by atoms with Crippen LogP contribution in [0.1, 0.15) is 41.6 Å². The van der Waals surface area contributed by atoms with Crippen molar-refractivity contribution in [3.8, 4) is 0 Å². The molecule has 0 aliphatic carbocycles. The summed E-state index contributed by atoms with van der Waals surface area (Å²) in [6.45, 7) is 1.53. The minimum Gasteiger partial charge on any atom is -0.345 e. The van der Waals surface area contributed by atoms with Crippen LogP contribution < -0.4 is 4.90 Å². The molecular formula is C26H28ClN3O3S. The molecular weight excluding hydrogens is 470 g/mol. The van der Waals surface area contributed by atoms with Gasteiger partial charge in [0.25, 0.3) is 0 Å². The van der Waals surface area contributed by atoms with E-state index < -0.39 is 10.0 Å². The van der Waals surface area contributed by atoms with Gasteiger partial charge in [0.1, 0.15) is 5.82 Å². The quantitative estimate of drug-likeness (QED) is 0.400. The second kappa shape index (κ2) is 11.1. The number of sulfonamides is 1. The molecule has 0 radical (unpaired) electrons. The van der Waals surface area contributed by atoms with Crippen LogP contribution in [0, 0.1) is 0 Å². The molecule has 1 aliphatic heterocycles. The number of Topliss-reactive ketones (excluding diaryl/α,β-unsaturated/α-hetero) is 1. The Morgan fingerprint density at radius 3 is 2.41 bits per heavy atom. The van der Waals surface area contributed by atoms with Crippen molar-refractivity contribution < 1.29 is 13.2 Å². The first-order valence-corrected chi connectivity index (χ1v) is 13.3. The van der Waals surface area contributed by atoms with Gasteiger partial charge in [-0.1, -0.05) is 54.8 Å².